The van der Waals surface area contributed by atoms with Gasteiger partial charge < -0.3 is 25.2 Å². The molecule has 6 nitrogen and oxygen atoms in total. The van der Waals surface area contributed by atoms with Gasteiger partial charge in [-0.2, -0.15) is 0 Å². The first-order chi connectivity index (χ1) is 10.6. The summed E-state index contributed by atoms with van der Waals surface area (Å²) in [7, 11) is 0. The summed E-state index contributed by atoms with van der Waals surface area (Å²) in [5.41, 5.74) is 0.968. The summed E-state index contributed by atoms with van der Waals surface area (Å²) in [6.07, 6.45) is 0.759. The molecule has 22 heavy (non-hydrogen) atoms. The Morgan fingerprint density at radius 1 is 1.23 bits per heavy atom. The summed E-state index contributed by atoms with van der Waals surface area (Å²) in [5.74, 6) is 0. The topological polar surface area (TPSA) is 82.0 Å². The molecule has 2 heterocycles. The predicted molar refractivity (Wildman–Crippen MR) is 82.3 cm³/mol. The second-order valence-electron chi connectivity index (χ2n) is 5.58. The first-order valence-corrected chi connectivity index (χ1v) is 7.67. The molecule has 2 unspecified atom stereocenters. The number of carbonyl (C=O) groups excluding carboxylic acids is 1. The molecule has 1 amide bonds. The molecule has 1 aromatic carbocycles. The number of hydrogen-bond donors (Lipinski definition) is 3. The molecule has 2 fully saturated rings. The lowest BCUT2D eigenvalue weighted by Gasteiger charge is -2.15. The van der Waals surface area contributed by atoms with E-state index < -0.39 is 6.10 Å². The van der Waals surface area contributed by atoms with Crippen LogP contribution in [0.2, 0.25) is 0 Å². The average molecular weight is 308 g/mol. The first kappa shape index (κ1) is 16.7. The van der Waals surface area contributed by atoms with Crippen molar-refractivity contribution in [1.82, 2.24) is 10.2 Å². The largest absolute Gasteiger partial charge is 0.445 e. The van der Waals surface area contributed by atoms with Crippen LogP contribution in [0, 0.1) is 0 Å². The van der Waals surface area contributed by atoms with Gasteiger partial charge in [-0.15, -0.1) is 0 Å². The Morgan fingerprint density at radius 3 is 2.50 bits per heavy atom. The van der Waals surface area contributed by atoms with Gasteiger partial charge in [0.25, 0.3) is 0 Å². The van der Waals surface area contributed by atoms with E-state index in [4.69, 9.17) is 9.84 Å². The van der Waals surface area contributed by atoms with Crippen LogP contribution in [-0.2, 0) is 11.3 Å². The van der Waals surface area contributed by atoms with Gasteiger partial charge in [0.05, 0.1) is 12.2 Å². The SMILES string of the molecule is O=C(OCc1ccccc1)N1CCC(O)C1.OC1CCNC1. The Balaban J connectivity index is 0.000000246. The fourth-order valence-electron chi connectivity index (χ4n) is 2.36. The maximum atomic E-state index is 11.6. The number of rotatable bonds is 2. The zero-order valence-electron chi connectivity index (χ0n) is 12.6. The number of aliphatic hydroxyl groups is 2. The molecule has 1 aromatic rings. The second-order valence-corrected chi connectivity index (χ2v) is 5.58. The van der Waals surface area contributed by atoms with Crippen molar-refractivity contribution in [2.24, 2.45) is 0 Å². The number of nitrogens with zero attached hydrogens (tertiary/aromatic N) is 1. The van der Waals surface area contributed by atoms with Gasteiger partial charge in [-0.1, -0.05) is 30.3 Å². The molecule has 3 rings (SSSR count). The van der Waals surface area contributed by atoms with Gasteiger partial charge in [-0.3, -0.25) is 0 Å². The van der Waals surface area contributed by atoms with Gasteiger partial charge in [-0.05, 0) is 24.9 Å². The Bertz CT molecular complexity index is 449. The molecule has 0 radical (unpaired) electrons. The monoisotopic (exact) mass is 308 g/mol. The van der Waals surface area contributed by atoms with E-state index in [9.17, 15) is 9.90 Å². The molecule has 2 atom stereocenters. The van der Waals surface area contributed by atoms with Crippen LogP contribution in [-0.4, -0.2) is 59.6 Å². The summed E-state index contributed by atoms with van der Waals surface area (Å²) in [6, 6.07) is 9.55. The van der Waals surface area contributed by atoms with E-state index in [1.54, 1.807) is 0 Å². The minimum atomic E-state index is -0.399. The number of carbonyl (C=O) groups is 1. The molecule has 2 saturated heterocycles. The number of benzene rings is 1. The quantitative estimate of drug-likeness (QED) is 0.750. The van der Waals surface area contributed by atoms with Gasteiger partial charge in [0, 0.05) is 19.6 Å². The number of aliphatic hydroxyl groups excluding tert-OH is 2. The number of likely N-dealkylation sites (tertiary alicyclic amines) is 1. The van der Waals surface area contributed by atoms with Crippen molar-refractivity contribution in [2.75, 3.05) is 26.2 Å². The van der Waals surface area contributed by atoms with Crippen molar-refractivity contribution in [3.8, 4) is 0 Å². The van der Waals surface area contributed by atoms with Crippen molar-refractivity contribution < 1.29 is 19.7 Å². The van der Waals surface area contributed by atoms with Crippen LogP contribution in [0.3, 0.4) is 0 Å². The molecule has 0 aromatic heterocycles. The van der Waals surface area contributed by atoms with Gasteiger partial charge >= 0.3 is 6.09 Å². The zero-order valence-corrected chi connectivity index (χ0v) is 12.6. The molecular weight excluding hydrogens is 284 g/mol. The highest BCUT2D eigenvalue weighted by Gasteiger charge is 2.25. The third-order valence-electron chi connectivity index (χ3n) is 3.66. The van der Waals surface area contributed by atoms with E-state index in [1.165, 1.54) is 4.90 Å². The number of amides is 1. The van der Waals surface area contributed by atoms with E-state index in [-0.39, 0.29) is 18.8 Å². The Labute approximate surface area is 130 Å². The number of ether oxygens (including phenoxy) is 1. The third-order valence-corrected chi connectivity index (χ3v) is 3.66. The minimum Gasteiger partial charge on any atom is -0.445 e. The van der Waals surface area contributed by atoms with Gasteiger partial charge in [-0.25, -0.2) is 4.79 Å². The first-order valence-electron chi connectivity index (χ1n) is 7.67. The highest BCUT2D eigenvalue weighted by atomic mass is 16.6. The molecular formula is C16H24N2O4. The lowest BCUT2D eigenvalue weighted by Crippen LogP contribution is -2.30. The third kappa shape index (κ3) is 5.63. The molecule has 0 bridgehead atoms. The maximum Gasteiger partial charge on any atom is 0.410 e. The predicted octanol–water partition coefficient (Wildman–Crippen LogP) is 0.730. The van der Waals surface area contributed by atoms with Crippen LogP contribution in [0.4, 0.5) is 4.79 Å². The average Bonchev–Trinajstić information content (AvgIpc) is 3.18. The van der Waals surface area contributed by atoms with Crippen molar-refractivity contribution in [3.63, 3.8) is 0 Å². The van der Waals surface area contributed by atoms with Gasteiger partial charge in [0.1, 0.15) is 6.61 Å². The second kappa shape index (κ2) is 8.73. The summed E-state index contributed by atoms with van der Waals surface area (Å²) >= 11 is 0. The van der Waals surface area contributed by atoms with E-state index in [2.05, 4.69) is 5.32 Å². The summed E-state index contributed by atoms with van der Waals surface area (Å²) < 4.78 is 5.14. The van der Waals surface area contributed by atoms with E-state index in [1.807, 2.05) is 30.3 Å². The molecule has 3 N–H and O–H groups in total. The Morgan fingerprint density at radius 2 is 2.00 bits per heavy atom. The Kier molecular flexibility index (Phi) is 6.64. The molecule has 0 aliphatic carbocycles. The zero-order chi connectivity index (χ0) is 15.8. The smallest absolute Gasteiger partial charge is 0.410 e. The minimum absolute atomic E-state index is 0.0648. The van der Waals surface area contributed by atoms with E-state index in [0.29, 0.717) is 19.5 Å². The van der Waals surface area contributed by atoms with Crippen LogP contribution >= 0.6 is 0 Å². The molecule has 0 spiro atoms. The van der Waals surface area contributed by atoms with Crippen molar-refractivity contribution >= 4 is 6.09 Å². The summed E-state index contributed by atoms with van der Waals surface area (Å²) in [6.45, 7) is 3.02. The van der Waals surface area contributed by atoms with Gasteiger partial charge in [0.15, 0.2) is 0 Å². The molecule has 0 saturated carbocycles. The number of hydrogen-bond acceptors (Lipinski definition) is 5. The van der Waals surface area contributed by atoms with Crippen LogP contribution in [0.25, 0.3) is 0 Å². The molecule has 122 valence electrons. The maximum absolute atomic E-state index is 11.6. The van der Waals surface area contributed by atoms with E-state index >= 15 is 0 Å². The molecule has 6 heteroatoms. The highest BCUT2D eigenvalue weighted by molar-refractivity contribution is 5.68. The van der Waals surface area contributed by atoms with E-state index in [0.717, 1.165) is 25.1 Å². The molecule has 2 aliphatic heterocycles. The fraction of sp³-hybridized carbons (Fsp3) is 0.562. The summed E-state index contributed by atoms with van der Waals surface area (Å²) in [5, 5.41) is 21.0. The van der Waals surface area contributed by atoms with Crippen LogP contribution in [0.5, 0.6) is 0 Å². The number of β-amino-alcohol motifs (C(OH)–C–C–N with tert-alkyl or cyclic N) is 2. The standard InChI is InChI=1S/C12H15NO3.C4H9NO/c14-11-6-7-13(8-11)12(15)16-9-10-4-2-1-3-5-10;6-4-1-2-5-3-4/h1-5,11,14H,6-9H2;4-6H,1-3H2. The number of nitrogens with one attached hydrogen (secondary N) is 1. The fourth-order valence-corrected chi connectivity index (χ4v) is 2.36. The van der Waals surface area contributed by atoms with Crippen LogP contribution in [0.15, 0.2) is 30.3 Å². The van der Waals surface area contributed by atoms with Gasteiger partial charge in [0.2, 0.25) is 0 Å². The lowest BCUT2D eigenvalue weighted by atomic mass is 10.2. The summed E-state index contributed by atoms with van der Waals surface area (Å²) in [4.78, 5) is 13.1. The highest BCUT2D eigenvalue weighted by Crippen LogP contribution is 2.11. The normalized spacial score (nSPS) is 23.8. The van der Waals surface area contributed by atoms with Crippen molar-refractivity contribution in [2.45, 2.75) is 31.7 Å². The van der Waals surface area contributed by atoms with Crippen molar-refractivity contribution in [3.05, 3.63) is 35.9 Å². The van der Waals surface area contributed by atoms with Crippen LogP contribution in [0.1, 0.15) is 18.4 Å². The van der Waals surface area contributed by atoms with Crippen molar-refractivity contribution in [1.29, 1.82) is 0 Å². The Hall–Kier alpha value is -1.63. The lowest BCUT2D eigenvalue weighted by molar-refractivity contribution is 0.0971. The molecule has 2 aliphatic rings. The van der Waals surface area contributed by atoms with Crippen LogP contribution < -0.4 is 5.32 Å².